The lowest BCUT2D eigenvalue weighted by atomic mass is 10.00. The Kier molecular flexibility index (Phi) is 4.76. The third-order valence-electron chi connectivity index (χ3n) is 4.81. The first-order valence-electron chi connectivity index (χ1n) is 9.03. The van der Waals surface area contributed by atoms with E-state index in [1.807, 2.05) is 48.1 Å². The Morgan fingerprint density at radius 1 is 0.679 bits per heavy atom. The largest absolute Gasteiger partial charge is 1.00 e. The molecule has 0 saturated heterocycles. The van der Waals surface area contributed by atoms with E-state index in [0.29, 0.717) is 0 Å². The van der Waals surface area contributed by atoms with Gasteiger partial charge in [-0.2, -0.15) is 0 Å². The first-order chi connectivity index (χ1) is 13.3. The van der Waals surface area contributed by atoms with Gasteiger partial charge in [0.05, 0.1) is 18.1 Å². The molecule has 0 aliphatic carbocycles. The van der Waals surface area contributed by atoms with Crippen LogP contribution in [0.2, 0.25) is 0 Å². The molecule has 0 spiro atoms. The quantitative estimate of drug-likeness (QED) is 0.345. The number of aryl methyl sites for hydroxylation is 1. The molecule has 3 heterocycles. The fraction of sp³-hybridized carbons (Fsp3) is 0.0417. The summed E-state index contributed by atoms with van der Waals surface area (Å²) in [5.41, 5.74) is 3.99. The molecule has 0 aliphatic rings. The summed E-state index contributed by atoms with van der Waals surface area (Å²) in [5, 5.41) is 3.49. The molecule has 0 atom stereocenters. The first kappa shape index (κ1) is 18.1. The molecule has 0 aliphatic heterocycles. The van der Waals surface area contributed by atoms with E-state index in [4.69, 9.17) is 9.97 Å². The summed E-state index contributed by atoms with van der Waals surface area (Å²) in [5.74, 6) is 0.855. The molecule has 0 saturated carbocycles. The predicted octanol–water partition coefficient (Wildman–Crippen LogP) is 2.04. The Bertz CT molecular complexity index is 1270. The summed E-state index contributed by atoms with van der Waals surface area (Å²) in [6.07, 6.45) is 4.03. The molecular formula is C24H18ClN3. The molecule has 5 aromatic rings. The maximum absolute atomic E-state index is 5.11. The van der Waals surface area contributed by atoms with Gasteiger partial charge in [-0.15, -0.1) is 0 Å². The number of halogens is 1. The smallest absolute Gasteiger partial charge is 0.354 e. The van der Waals surface area contributed by atoms with Crippen LogP contribution in [0.4, 0.5) is 0 Å². The molecule has 136 valence electrons. The fourth-order valence-corrected chi connectivity index (χ4v) is 3.60. The van der Waals surface area contributed by atoms with Crippen LogP contribution >= 0.6 is 0 Å². The number of benzene rings is 2. The third kappa shape index (κ3) is 3.00. The lowest BCUT2D eigenvalue weighted by Gasteiger charge is -2.10. The zero-order chi connectivity index (χ0) is 18.2. The number of rotatable bonds is 2. The minimum atomic E-state index is 0. The van der Waals surface area contributed by atoms with E-state index in [-0.39, 0.29) is 12.4 Å². The second-order valence-corrected chi connectivity index (χ2v) is 6.64. The van der Waals surface area contributed by atoms with Crippen molar-refractivity contribution in [1.29, 1.82) is 0 Å². The van der Waals surface area contributed by atoms with Crippen molar-refractivity contribution < 1.29 is 17.0 Å². The van der Waals surface area contributed by atoms with E-state index in [0.717, 1.165) is 39.1 Å². The van der Waals surface area contributed by atoms with Gasteiger partial charge in [0, 0.05) is 23.3 Å². The summed E-state index contributed by atoms with van der Waals surface area (Å²) in [7, 11) is 0. The molecule has 0 fully saturated rings. The van der Waals surface area contributed by atoms with Gasteiger partial charge in [0.25, 0.3) is 0 Å². The standard InChI is InChI=1S/C24H18N3.ClH/c1-17-16-21-19-12-6-7-13-20(19)22(18-10-4-2-5-11-18)26-23(21)24(25-17)27-14-8-3-9-15-27;/h2-16H,1H3;1H/q+1;/p-1. The van der Waals surface area contributed by atoms with Crippen LogP contribution in [0.1, 0.15) is 5.69 Å². The minimum absolute atomic E-state index is 0. The molecule has 0 unspecified atom stereocenters. The number of fused-ring (bicyclic) bond motifs is 3. The summed E-state index contributed by atoms with van der Waals surface area (Å²) in [6.45, 7) is 2.03. The normalized spacial score (nSPS) is 10.8. The number of pyridine rings is 3. The Hall–Kier alpha value is -3.30. The molecule has 0 N–H and O–H groups in total. The summed E-state index contributed by atoms with van der Waals surface area (Å²) in [6, 6.07) is 27.0. The van der Waals surface area contributed by atoms with E-state index in [1.54, 1.807) is 0 Å². The number of aromatic nitrogens is 3. The van der Waals surface area contributed by atoms with Crippen LogP contribution in [0.25, 0.3) is 38.8 Å². The molecule has 3 nitrogen and oxygen atoms in total. The molecule has 0 bridgehead atoms. The lowest BCUT2D eigenvalue weighted by molar-refractivity contribution is -0.598. The topological polar surface area (TPSA) is 29.7 Å². The van der Waals surface area contributed by atoms with Crippen LogP contribution in [0.5, 0.6) is 0 Å². The zero-order valence-electron chi connectivity index (χ0n) is 15.4. The third-order valence-corrected chi connectivity index (χ3v) is 4.81. The van der Waals surface area contributed by atoms with Crippen LogP contribution in [-0.2, 0) is 0 Å². The molecule has 2 aromatic carbocycles. The van der Waals surface area contributed by atoms with Gasteiger partial charge in [-0.25, -0.2) is 9.55 Å². The van der Waals surface area contributed by atoms with Gasteiger partial charge in [0.15, 0.2) is 11.2 Å². The van der Waals surface area contributed by atoms with Gasteiger partial charge in [-0.05, 0) is 28.6 Å². The zero-order valence-corrected chi connectivity index (χ0v) is 16.1. The second kappa shape index (κ2) is 7.37. The van der Waals surface area contributed by atoms with Gasteiger partial charge >= 0.3 is 5.82 Å². The van der Waals surface area contributed by atoms with Gasteiger partial charge < -0.3 is 12.4 Å². The number of nitrogens with zero attached hydrogens (tertiary/aromatic N) is 3. The predicted molar refractivity (Wildman–Crippen MR) is 109 cm³/mol. The Morgan fingerprint density at radius 2 is 1.32 bits per heavy atom. The fourth-order valence-electron chi connectivity index (χ4n) is 3.60. The van der Waals surface area contributed by atoms with Crippen LogP contribution in [-0.4, -0.2) is 9.97 Å². The van der Waals surface area contributed by atoms with Crippen LogP contribution < -0.4 is 17.0 Å². The van der Waals surface area contributed by atoms with E-state index in [2.05, 4.69) is 54.6 Å². The van der Waals surface area contributed by atoms with Gasteiger partial charge in [0.2, 0.25) is 0 Å². The summed E-state index contributed by atoms with van der Waals surface area (Å²) >= 11 is 0. The van der Waals surface area contributed by atoms with Crippen molar-refractivity contribution >= 4 is 21.7 Å². The number of hydrogen-bond acceptors (Lipinski definition) is 2. The van der Waals surface area contributed by atoms with E-state index < -0.39 is 0 Å². The van der Waals surface area contributed by atoms with Crippen LogP contribution in [0.15, 0.2) is 91.3 Å². The highest BCUT2D eigenvalue weighted by Gasteiger charge is 2.20. The molecule has 28 heavy (non-hydrogen) atoms. The van der Waals surface area contributed by atoms with E-state index >= 15 is 0 Å². The summed E-state index contributed by atoms with van der Waals surface area (Å²) < 4.78 is 2.03. The Balaban J connectivity index is 0.00000192. The first-order valence-corrected chi connectivity index (χ1v) is 9.03. The average molecular weight is 384 g/mol. The van der Waals surface area contributed by atoms with Crippen LogP contribution in [0, 0.1) is 6.92 Å². The maximum atomic E-state index is 5.11. The highest BCUT2D eigenvalue weighted by Crippen LogP contribution is 2.33. The molecule has 0 radical (unpaired) electrons. The second-order valence-electron chi connectivity index (χ2n) is 6.64. The molecule has 0 amide bonds. The van der Waals surface area contributed by atoms with Gasteiger partial charge in [-0.1, -0.05) is 60.7 Å². The summed E-state index contributed by atoms with van der Waals surface area (Å²) in [4.78, 5) is 9.92. The van der Waals surface area contributed by atoms with Crippen molar-refractivity contribution in [2.24, 2.45) is 0 Å². The van der Waals surface area contributed by atoms with Crippen molar-refractivity contribution in [3.63, 3.8) is 0 Å². The minimum Gasteiger partial charge on any atom is -1.00 e. The van der Waals surface area contributed by atoms with E-state index in [1.165, 1.54) is 5.39 Å². The number of hydrogen-bond donors (Lipinski definition) is 0. The van der Waals surface area contributed by atoms with Crippen molar-refractivity contribution in [3.05, 3.63) is 97.0 Å². The van der Waals surface area contributed by atoms with Gasteiger partial charge in [0.1, 0.15) is 0 Å². The monoisotopic (exact) mass is 383 g/mol. The lowest BCUT2D eigenvalue weighted by Crippen LogP contribution is -3.00. The van der Waals surface area contributed by atoms with Gasteiger partial charge in [-0.3, -0.25) is 0 Å². The average Bonchev–Trinajstić information content (AvgIpc) is 2.74. The highest BCUT2D eigenvalue weighted by molar-refractivity contribution is 6.12. The van der Waals surface area contributed by atoms with E-state index in [9.17, 15) is 0 Å². The molecule has 3 aromatic heterocycles. The van der Waals surface area contributed by atoms with Crippen molar-refractivity contribution in [1.82, 2.24) is 9.97 Å². The Labute approximate surface area is 169 Å². The maximum Gasteiger partial charge on any atom is 0.354 e. The van der Waals surface area contributed by atoms with Crippen molar-refractivity contribution in [2.75, 3.05) is 0 Å². The SMILES string of the molecule is Cc1cc2c(nc(-c3ccccc3)c3ccccc32)c(-[n+]2ccccc2)n1.[Cl-]. The van der Waals surface area contributed by atoms with Crippen molar-refractivity contribution in [2.45, 2.75) is 6.92 Å². The van der Waals surface area contributed by atoms with Crippen LogP contribution in [0.3, 0.4) is 0 Å². The molecular weight excluding hydrogens is 366 g/mol. The highest BCUT2D eigenvalue weighted by atomic mass is 35.5. The van der Waals surface area contributed by atoms with Crippen molar-refractivity contribution in [3.8, 4) is 17.1 Å². The molecule has 5 rings (SSSR count). The Morgan fingerprint density at radius 3 is 2.07 bits per heavy atom. The molecule has 4 heteroatoms.